The van der Waals surface area contributed by atoms with Gasteiger partial charge < -0.3 is 10.6 Å². The molecule has 31 heavy (non-hydrogen) atoms. The second-order valence-corrected chi connectivity index (χ2v) is 7.93. The van der Waals surface area contributed by atoms with E-state index in [-0.39, 0.29) is 22.2 Å². The van der Waals surface area contributed by atoms with Crippen LogP contribution in [-0.2, 0) is 4.79 Å². The van der Waals surface area contributed by atoms with Gasteiger partial charge in [-0.1, -0.05) is 51.8 Å². The van der Waals surface area contributed by atoms with E-state index in [0.717, 1.165) is 5.56 Å². The Balaban J connectivity index is 1.89. The van der Waals surface area contributed by atoms with Crippen molar-refractivity contribution < 1.29 is 22.8 Å². The van der Waals surface area contributed by atoms with Gasteiger partial charge in [-0.05, 0) is 48.9 Å². The molecule has 0 aliphatic carbocycles. The number of nitrogens with one attached hydrogen (secondary N) is 2. The first-order valence-corrected chi connectivity index (χ1v) is 10.1. The molecule has 0 aromatic heterocycles. The van der Waals surface area contributed by atoms with Crippen molar-refractivity contribution in [3.8, 4) is 0 Å². The lowest BCUT2D eigenvalue weighted by Crippen LogP contribution is -2.30. The first kappa shape index (κ1) is 22.8. The van der Waals surface area contributed by atoms with Gasteiger partial charge in [0.15, 0.2) is 5.78 Å². The minimum absolute atomic E-state index is 0.0818. The van der Waals surface area contributed by atoms with Crippen LogP contribution in [-0.4, -0.2) is 17.9 Å². The molecular weight excluding hydrogens is 497 g/mol. The van der Waals surface area contributed by atoms with Crippen molar-refractivity contribution in [1.29, 1.82) is 0 Å². The van der Waals surface area contributed by atoms with Crippen LogP contribution in [0, 0.1) is 6.92 Å². The van der Waals surface area contributed by atoms with Crippen LogP contribution in [0.5, 0.6) is 0 Å². The van der Waals surface area contributed by atoms with Crippen LogP contribution in [0.25, 0.3) is 0 Å². The van der Waals surface area contributed by atoms with Crippen LogP contribution >= 0.6 is 27.5 Å². The van der Waals surface area contributed by atoms with Gasteiger partial charge in [0.2, 0.25) is 0 Å². The van der Waals surface area contributed by atoms with Crippen molar-refractivity contribution in [3.05, 3.63) is 86.8 Å². The predicted octanol–water partition coefficient (Wildman–Crippen LogP) is 6.89. The van der Waals surface area contributed by atoms with Crippen LogP contribution < -0.4 is 10.6 Å². The molecule has 0 aliphatic heterocycles. The summed E-state index contributed by atoms with van der Waals surface area (Å²) < 4.78 is 38.5. The Bertz CT molecular complexity index is 1170. The van der Waals surface area contributed by atoms with Crippen molar-refractivity contribution >= 4 is 56.3 Å². The molecule has 3 aromatic rings. The summed E-state index contributed by atoms with van der Waals surface area (Å²) in [6.45, 7) is 1.83. The minimum Gasteiger partial charge on any atom is -0.353 e. The van der Waals surface area contributed by atoms with Gasteiger partial charge in [-0.25, -0.2) is 0 Å². The summed E-state index contributed by atoms with van der Waals surface area (Å²) in [5.74, 6) is -2.30. The molecule has 160 valence electrons. The van der Waals surface area contributed by atoms with Crippen molar-refractivity contribution in [2.45, 2.75) is 13.1 Å². The van der Waals surface area contributed by atoms with E-state index in [0.29, 0.717) is 21.3 Å². The molecule has 3 rings (SSSR count). The number of aryl methyl sites for hydroxylation is 1. The summed E-state index contributed by atoms with van der Waals surface area (Å²) in [6, 6.07) is 16.0. The average molecular weight is 512 g/mol. The number of amides is 1. The number of hydrogen-bond acceptors (Lipinski definition) is 3. The fraction of sp³-hybridized carbons (Fsp3) is 0.0909. The summed E-state index contributed by atoms with van der Waals surface area (Å²) in [5, 5.41) is 4.92. The minimum atomic E-state index is -5.03. The van der Waals surface area contributed by atoms with E-state index in [1.165, 1.54) is 24.3 Å². The van der Waals surface area contributed by atoms with Gasteiger partial charge in [0.1, 0.15) is 0 Å². The van der Waals surface area contributed by atoms with Gasteiger partial charge in [-0.2, -0.15) is 13.2 Å². The largest absolute Gasteiger partial charge is 0.471 e. The molecule has 0 heterocycles. The van der Waals surface area contributed by atoms with Crippen LogP contribution in [0.2, 0.25) is 5.02 Å². The highest BCUT2D eigenvalue weighted by atomic mass is 79.9. The molecule has 0 spiro atoms. The number of alkyl halides is 3. The molecule has 0 saturated carbocycles. The Morgan fingerprint density at radius 1 is 0.935 bits per heavy atom. The first-order valence-electron chi connectivity index (χ1n) is 8.91. The maximum Gasteiger partial charge on any atom is 0.471 e. The molecule has 4 nitrogen and oxygen atoms in total. The summed E-state index contributed by atoms with van der Waals surface area (Å²) in [6.07, 6.45) is -5.03. The third kappa shape index (κ3) is 5.45. The zero-order valence-electron chi connectivity index (χ0n) is 16.0. The van der Waals surface area contributed by atoms with E-state index in [1.54, 1.807) is 24.3 Å². The lowest BCUT2D eigenvalue weighted by molar-refractivity contribution is -0.167. The number of carbonyl (C=O) groups excluding carboxylic acids is 2. The smallest absolute Gasteiger partial charge is 0.353 e. The van der Waals surface area contributed by atoms with E-state index in [9.17, 15) is 22.8 Å². The SMILES string of the molecule is Cc1ccccc1C(=O)c1ccc(Nc2cc(Br)ccc2NC(=O)C(F)(F)F)c(Cl)c1. The summed E-state index contributed by atoms with van der Waals surface area (Å²) in [4.78, 5) is 24.1. The van der Waals surface area contributed by atoms with Crippen molar-refractivity contribution in [2.75, 3.05) is 10.6 Å². The molecule has 9 heteroatoms. The molecule has 2 N–H and O–H groups in total. The van der Waals surface area contributed by atoms with E-state index < -0.39 is 12.1 Å². The Hall–Kier alpha value is -2.84. The van der Waals surface area contributed by atoms with Crippen LogP contribution in [0.1, 0.15) is 21.5 Å². The Morgan fingerprint density at radius 2 is 1.61 bits per heavy atom. The summed E-state index contributed by atoms with van der Waals surface area (Å²) >= 11 is 9.57. The number of benzene rings is 3. The van der Waals surface area contributed by atoms with E-state index in [2.05, 4.69) is 21.2 Å². The fourth-order valence-electron chi connectivity index (χ4n) is 2.81. The third-order valence-corrected chi connectivity index (χ3v) is 5.18. The molecule has 0 saturated heterocycles. The predicted molar refractivity (Wildman–Crippen MR) is 118 cm³/mol. The van der Waals surface area contributed by atoms with Gasteiger partial charge >= 0.3 is 12.1 Å². The van der Waals surface area contributed by atoms with E-state index in [4.69, 9.17) is 11.6 Å². The standard InChI is InChI=1S/C22H15BrClF3N2O2/c1-12-4-2-3-5-15(12)20(30)13-6-8-17(16(24)10-13)28-19-11-14(23)7-9-18(19)29-21(31)22(25,26)27/h2-11,28H,1H3,(H,29,31). The third-order valence-electron chi connectivity index (χ3n) is 4.38. The molecule has 3 aromatic carbocycles. The number of halogens is 5. The topological polar surface area (TPSA) is 58.2 Å². The van der Waals surface area contributed by atoms with Gasteiger partial charge in [-0.15, -0.1) is 0 Å². The molecule has 0 fully saturated rings. The first-order chi connectivity index (χ1) is 14.6. The zero-order valence-corrected chi connectivity index (χ0v) is 18.3. The van der Waals surface area contributed by atoms with Gasteiger partial charge in [0.25, 0.3) is 0 Å². The van der Waals surface area contributed by atoms with Crippen LogP contribution in [0.15, 0.2) is 65.1 Å². The number of hydrogen-bond donors (Lipinski definition) is 2. The Morgan fingerprint density at radius 3 is 2.26 bits per heavy atom. The molecule has 0 aliphatic rings. The van der Waals surface area contributed by atoms with Crippen molar-refractivity contribution in [1.82, 2.24) is 0 Å². The number of anilines is 3. The maximum atomic E-state index is 12.8. The average Bonchev–Trinajstić information content (AvgIpc) is 2.70. The van der Waals surface area contributed by atoms with E-state index in [1.807, 2.05) is 24.4 Å². The van der Waals surface area contributed by atoms with Gasteiger partial charge in [0.05, 0.1) is 22.1 Å². The molecule has 0 unspecified atom stereocenters. The highest BCUT2D eigenvalue weighted by Crippen LogP contribution is 2.34. The van der Waals surface area contributed by atoms with Crippen molar-refractivity contribution in [2.24, 2.45) is 0 Å². The lowest BCUT2D eigenvalue weighted by atomic mass is 9.99. The lowest BCUT2D eigenvalue weighted by Gasteiger charge is -2.16. The Labute approximate surface area is 189 Å². The number of rotatable bonds is 5. The van der Waals surface area contributed by atoms with E-state index >= 15 is 0 Å². The normalized spacial score (nSPS) is 11.2. The number of ketones is 1. The summed E-state index contributed by atoms with van der Waals surface area (Å²) in [5.41, 5.74) is 2.19. The van der Waals surface area contributed by atoms with Crippen LogP contribution in [0.4, 0.5) is 30.2 Å². The zero-order chi connectivity index (χ0) is 22.8. The second-order valence-electron chi connectivity index (χ2n) is 6.61. The second kappa shape index (κ2) is 9.11. The van der Waals surface area contributed by atoms with Crippen molar-refractivity contribution in [3.63, 3.8) is 0 Å². The van der Waals surface area contributed by atoms with Gasteiger partial charge in [-0.3, -0.25) is 9.59 Å². The summed E-state index contributed by atoms with van der Waals surface area (Å²) in [7, 11) is 0. The quantitative estimate of drug-likeness (QED) is 0.367. The Kier molecular flexibility index (Phi) is 6.71. The molecular formula is C22H15BrClF3N2O2. The fourth-order valence-corrected chi connectivity index (χ4v) is 3.40. The molecule has 0 radical (unpaired) electrons. The molecule has 1 amide bonds. The van der Waals surface area contributed by atoms with Crippen LogP contribution in [0.3, 0.4) is 0 Å². The highest BCUT2D eigenvalue weighted by Gasteiger charge is 2.39. The molecule has 0 bridgehead atoms. The van der Waals surface area contributed by atoms with Gasteiger partial charge in [0, 0.05) is 15.6 Å². The molecule has 0 atom stereocenters. The maximum absolute atomic E-state index is 12.8. The highest BCUT2D eigenvalue weighted by molar-refractivity contribution is 9.10. The monoisotopic (exact) mass is 510 g/mol. The number of carbonyl (C=O) groups is 2.